The number of hydrogen-bond acceptors (Lipinski definition) is 3. The third kappa shape index (κ3) is 0.868. The molecule has 2 rings (SSSR count). The number of aromatic nitrogens is 2. The van der Waals surface area contributed by atoms with Crippen molar-refractivity contribution in [1.29, 1.82) is 0 Å². The fraction of sp³-hybridized carbons (Fsp3) is 0.286. The van der Waals surface area contributed by atoms with Gasteiger partial charge in [0.2, 0.25) is 0 Å². The Bertz CT molecular complexity index is 377. The smallest absolute Gasteiger partial charge is 0.151 e. The van der Waals surface area contributed by atoms with E-state index in [1.807, 2.05) is 23.2 Å². The Hall–Kier alpha value is -0.870. The molecule has 0 amide bonds. The SMILES string of the molecule is Cn1c(CO)cc2scnc21. The van der Waals surface area contributed by atoms with E-state index in [1.165, 1.54) is 0 Å². The lowest BCUT2D eigenvalue weighted by atomic mass is 10.5. The standard InChI is InChI=1S/C7H8N2OS/c1-9-5(3-10)2-6-7(9)8-4-11-6/h2,4,10H,3H2,1H3. The van der Waals surface area contributed by atoms with Crippen molar-refractivity contribution in [3.05, 3.63) is 17.3 Å². The molecule has 0 aromatic carbocycles. The van der Waals surface area contributed by atoms with Crippen LogP contribution in [0.3, 0.4) is 0 Å². The predicted molar refractivity (Wildman–Crippen MR) is 44.5 cm³/mol. The molecule has 2 heterocycles. The van der Waals surface area contributed by atoms with Gasteiger partial charge in [0.15, 0.2) is 5.65 Å². The molecule has 0 atom stereocenters. The Labute approximate surface area is 67.9 Å². The van der Waals surface area contributed by atoms with Gasteiger partial charge in [-0.3, -0.25) is 0 Å². The van der Waals surface area contributed by atoms with E-state index < -0.39 is 0 Å². The van der Waals surface area contributed by atoms with Crippen molar-refractivity contribution in [2.24, 2.45) is 7.05 Å². The van der Waals surface area contributed by atoms with Crippen LogP contribution >= 0.6 is 11.3 Å². The number of rotatable bonds is 1. The van der Waals surface area contributed by atoms with Crippen LogP contribution in [0.5, 0.6) is 0 Å². The Kier molecular flexibility index (Phi) is 1.44. The summed E-state index contributed by atoms with van der Waals surface area (Å²) in [5.41, 5.74) is 3.68. The largest absolute Gasteiger partial charge is 0.390 e. The maximum absolute atomic E-state index is 8.89. The molecule has 0 radical (unpaired) electrons. The molecule has 0 aliphatic carbocycles. The highest BCUT2D eigenvalue weighted by atomic mass is 32.1. The van der Waals surface area contributed by atoms with Gasteiger partial charge in [-0.05, 0) is 6.07 Å². The van der Waals surface area contributed by atoms with Crippen LogP contribution in [0, 0.1) is 0 Å². The van der Waals surface area contributed by atoms with Crippen LogP contribution < -0.4 is 0 Å². The van der Waals surface area contributed by atoms with Crippen molar-refractivity contribution in [2.75, 3.05) is 0 Å². The summed E-state index contributed by atoms with van der Waals surface area (Å²) in [4.78, 5) is 4.16. The van der Waals surface area contributed by atoms with Gasteiger partial charge in [-0.2, -0.15) is 0 Å². The zero-order valence-electron chi connectivity index (χ0n) is 6.11. The average Bonchev–Trinajstić information content (AvgIpc) is 2.53. The minimum Gasteiger partial charge on any atom is -0.390 e. The second-order valence-electron chi connectivity index (χ2n) is 2.39. The van der Waals surface area contributed by atoms with Crippen LogP contribution in [-0.2, 0) is 13.7 Å². The van der Waals surface area contributed by atoms with Gasteiger partial charge >= 0.3 is 0 Å². The molecule has 0 unspecified atom stereocenters. The summed E-state index contributed by atoms with van der Waals surface area (Å²) in [5, 5.41) is 8.89. The predicted octanol–water partition coefficient (Wildman–Crippen LogP) is 1.13. The van der Waals surface area contributed by atoms with E-state index in [0.29, 0.717) is 0 Å². The molecule has 0 aliphatic heterocycles. The van der Waals surface area contributed by atoms with Crippen LogP contribution in [0.15, 0.2) is 11.6 Å². The van der Waals surface area contributed by atoms with E-state index in [4.69, 9.17) is 5.11 Å². The van der Waals surface area contributed by atoms with E-state index in [2.05, 4.69) is 4.98 Å². The number of thiazole rings is 1. The van der Waals surface area contributed by atoms with Crippen molar-refractivity contribution >= 4 is 21.7 Å². The van der Waals surface area contributed by atoms with Gasteiger partial charge < -0.3 is 9.67 Å². The van der Waals surface area contributed by atoms with Crippen LogP contribution in [0.4, 0.5) is 0 Å². The molecule has 0 saturated carbocycles. The van der Waals surface area contributed by atoms with Gasteiger partial charge in [0.25, 0.3) is 0 Å². The summed E-state index contributed by atoms with van der Waals surface area (Å²) in [6, 6.07) is 1.97. The first-order valence-corrected chi connectivity index (χ1v) is 4.19. The summed E-state index contributed by atoms with van der Waals surface area (Å²) in [6.07, 6.45) is 0. The topological polar surface area (TPSA) is 38.0 Å². The molecule has 2 aromatic rings. The number of aliphatic hydroxyl groups is 1. The Morgan fingerprint density at radius 2 is 2.55 bits per heavy atom. The lowest BCUT2D eigenvalue weighted by Gasteiger charge is -1.96. The van der Waals surface area contributed by atoms with Gasteiger partial charge in [-0.15, -0.1) is 11.3 Å². The zero-order chi connectivity index (χ0) is 7.84. The summed E-state index contributed by atoms with van der Waals surface area (Å²) >= 11 is 1.59. The van der Waals surface area contributed by atoms with E-state index in [-0.39, 0.29) is 6.61 Å². The van der Waals surface area contributed by atoms with E-state index >= 15 is 0 Å². The molecule has 0 saturated heterocycles. The minimum absolute atomic E-state index is 0.0829. The number of aliphatic hydroxyl groups excluding tert-OH is 1. The Balaban J connectivity index is 2.76. The van der Waals surface area contributed by atoms with E-state index in [1.54, 1.807) is 11.3 Å². The third-order valence-corrected chi connectivity index (χ3v) is 2.55. The normalized spacial score (nSPS) is 11.1. The van der Waals surface area contributed by atoms with E-state index in [9.17, 15) is 0 Å². The molecule has 3 nitrogen and oxygen atoms in total. The molecular formula is C7H8N2OS. The first kappa shape index (κ1) is 6.82. The first-order valence-electron chi connectivity index (χ1n) is 3.31. The fourth-order valence-corrected chi connectivity index (χ4v) is 1.90. The summed E-state index contributed by atoms with van der Waals surface area (Å²) in [5.74, 6) is 0. The quantitative estimate of drug-likeness (QED) is 0.693. The van der Waals surface area contributed by atoms with Gasteiger partial charge in [-0.1, -0.05) is 0 Å². The first-order chi connectivity index (χ1) is 5.33. The number of fused-ring (bicyclic) bond motifs is 1. The molecular weight excluding hydrogens is 160 g/mol. The molecule has 1 N–H and O–H groups in total. The fourth-order valence-electron chi connectivity index (χ4n) is 1.14. The molecule has 0 bridgehead atoms. The lowest BCUT2D eigenvalue weighted by molar-refractivity contribution is 0.273. The number of nitrogens with zero attached hydrogens (tertiary/aromatic N) is 2. The van der Waals surface area contributed by atoms with E-state index in [0.717, 1.165) is 16.0 Å². The highest BCUT2D eigenvalue weighted by molar-refractivity contribution is 7.16. The van der Waals surface area contributed by atoms with Crippen molar-refractivity contribution in [2.45, 2.75) is 6.61 Å². The Morgan fingerprint density at radius 1 is 1.73 bits per heavy atom. The van der Waals surface area contributed by atoms with Crippen molar-refractivity contribution < 1.29 is 5.11 Å². The summed E-state index contributed by atoms with van der Waals surface area (Å²) < 4.78 is 3.04. The molecule has 0 fully saturated rings. The molecule has 0 aliphatic rings. The zero-order valence-corrected chi connectivity index (χ0v) is 6.93. The van der Waals surface area contributed by atoms with Crippen molar-refractivity contribution in [3.8, 4) is 0 Å². The Morgan fingerprint density at radius 3 is 3.18 bits per heavy atom. The highest BCUT2D eigenvalue weighted by Crippen LogP contribution is 2.20. The molecule has 2 aromatic heterocycles. The van der Waals surface area contributed by atoms with Gasteiger partial charge in [0.05, 0.1) is 16.8 Å². The summed E-state index contributed by atoms with van der Waals surface area (Å²) in [6.45, 7) is 0.0829. The second-order valence-corrected chi connectivity index (χ2v) is 3.28. The lowest BCUT2D eigenvalue weighted by Crippen LogP contribution is -1.95. The monoisotopic (exact) mass is 168 g/mol. The van der Waals surface area contributed by atoms with Gasteiger partial charge in [-0.25, -0.2) is 4.98 Å². The van der Waals surface area contributed by atoms with Crippen molar-refractivity contribution in [1.82, 2.24) is 9.55 Å². The molecule has 0 spiro atoms. The minimum atomic E-state index is 0.0829. The van der Waals surface area contributed by atoms with Gasteiger partial charge in [0, 0.05) is 12.7 Å². The highest BCUT2D eigenvalue weighted by Gasteiger charge is 2.05. The van der Waals surface area contributed by atoms with Crippen LogP contribution in [-0.4, -0.2) is 14.7 Å². The maximum atomic E-state index is 8.89. The van der Waals surface area contributed by atoms with Crippen LogP contribution in [0.2, 0.25) is 0 Å². The van der Waals surface area contributed by atoms with Crippen LogP contribution in [0.25, 0.3) is 10.3 Å². The second kappa shape index (κ2) is 2.32. The number of aryl methyl sites for hydroxylation is 1. The van der Waals surface area contributed by atoms with Crippen molar-refractivity contribution in [3.63, 3.8) is 0 Å². The maximum Gasteiger partial charge on any atom is 0.151 e. The molecule has 4 heteroatoms. The van der Waals surface area contributed by atoms with Gasteiger partial charge in [0.1, 0.15) is 0 Å². The summed E-state index contributed by atoms with van der Waals surface area (Å²) in [7, 11) is 1.91. The molecule has 11 heavy (non-hydrogen) atoms. The third-order valence-electron chi connectivity index (χ3n) is 1.78. The molecule has 58 valence electrons. The van der Waals surface area contributed by atoms with Crippen LogP contribution in [0.1, 0.15) is 5.69 Å². The number of hydrogen-bond donors (Lipinski definition) is 1. The average molecular weight is 168 g/mol.